The number of nitrogens with zero attached hydrogens (tertiary/aromatic N) is 1. The van der Waals surface area contributed by atoms with Crippen molar-refractivity contribution in [3.05, 3.63) is 18.5 Å². The zero-order chi connectivity index (χ0) is 12.8. The molecule has 0 aromatic carbocycles. The molecule has 1 aromatic heterocycles. The summed E-state index contributed by atoms with van der Waals surface area (Å²) in [7, 11) is 0. The lowest BCUT2D eigenvalue weighted by atomic mass is 9.95. The highest BCUT2D eigenvalue weighted by Crippen LogP contribution is 2.23. The highest BCUT2D eigenvalue weighted by Gasteiger charge is 2.15. The van der Waals surface area contributed by atoms with E-state index in [1.807, 2.05) is 6.07 Å². The summed E-state index contributed by atoms with van der Waals surface area (Å²) in [6, 6.07) is 2.22. The molecule has 1 saturated carbocycles. The highest BCUT2D eigenvalue weighted by molar-refractivity contribution is 8.00. The van der Waals surface area contributed by atoms with Crippen molar-refractivity contribution in [1.82, 2.24) is 10.3 Å². The molecule has 4 nitrogen and oxygen atoms in total. The van der Waals surface area contributed by atoms with E-state index in [1.165, 1.54) is 31.0 Å². The van der Waals surface area contributed by atoms with Crippen molar-refractivity contribution in [2.24, 2.45) is 0 Å². The van der Waals surface area contributed by atoms with Gasteiger partial charge >= 0.3 is 0 Å². The third-order valence-corrected chi connectivity index (χ3v) is 4.23. The van der Waals surface area contributed by atoms with Gasteiger partial charge in [0.25, 0.3) is 0 Å². The number of hydrogen-bond acceptors (Lipinski definition) is 4. The largest absolute Gasteiger partial charge is 0.397 e. The van der Waals surface area contributed by atoms with Gasteiger partial charge in [0.2, 0.25) is 5.91 Å². The van der Waals surface area contributed by atoms with Crippen LogP contribution in [0.4, 0.5) is 5.69 Å². The monoisotopic (exact) mass is 265 g/mol. The van der Waals surface area contributed by atoms with Gasteiger partial charge in [0, 0.05) is 17.1 Å². The fourth-order valence-electron chi connectivity index (χ4n) is 2.18. The number of hydrogen-bond donors (Lipinski definition) is 2. The molecule has 0 radical (unpaired) electrons. The third-order valence-electron chi connectivity index (χ3n) is 3.14. The summed E-state index contributed by atoms with van der Waals surface area (Å²) in [6.07, 6.45) is 9.31. The van der Waals surface area contributed by atoms with Crippen molar-refractivity contribution in [2.45, 2.75) is 43.0 Å². The van der Waals surface area contributed by atoms with Gasteiger partial charge in [-0.3, -0.25) is 9.78 Å². The molecule has 0 unspecified atom stereocenters. The highest BCUT2D eigenvalue weighted by atomic mass is 32.2. The van der Waals surface area contributed by atoms with Crippen LogP contribution in [0.3, 0.4) is 0 Å². The molecule has 1 fully saturated rings. The molecule has 0 atom stereocenters. The van der Waals surface area contributed by atoms with Crippen molar-refractivity contribution in [3.63, 3.8) is 0 Å². The minimum atomic E-state index is 0.100. The number of nitrogens with one attached hydrogen (secondary N) is 1. The van der Waals surface area contributed by atoms with E-state index < -0.39 is 0 Å². The molecular weight excluding hydrogens is 246 g/mol. The normalized spacial score (nSPS) is 16.4. The average molecular weight is 265 g/mol. The summed E-state index contributed by atoms with van der Waals surface area (Å²) >= 11 is 1.47. The lowest BCUT2D eigenvalue weighted by molar-refractivity contribution is -0.119. The number of thioether (sulfide) groups is 1. The number of amides is 1. The van der Waals surface area contributed by atoms with Crippen LogP contribution in [0.2, 0.25) is 0 Å². The summed E-state index contributed by atoms with van der Waals surface area (Å²) in [5.41, 5.74) is 6.41. The van der Waals surface area contributed by atoms with E-state index in [2.05, 4.69) is 10.3 Å². The predicted molar refractivity (Wildman–Crippen MR) is 74.4 cm³/mol. The van der Waals surface area contributed by atoms with E-state index in [9.17, 15) is 4.79 Å². The second-order valence-electron chi connectivity index (χ2n) is 4.60. The van der Waals surface area contributed by atoms with Gasteiger partial charge < -0.3 is 11.1 Å². The van der Waals surface area contributed by atoms with Crippen LogP contribution in [0.15, 0.2) is 23.4 Å². The summed E-state index contributed by atoms with van der Waals surface area (Å²) < 4.78 is 0. The first kappa shape index (κ1) is 13.2. The Balaban J connectivity index is 1.76. The molecule has 1 amide bonds. The van der Waals surface area contributed by atoms with Gasteiger partial charge in [0.05, 0.1) is 17.6 Å². The molecular formula is C13H19N3OS. The Hall–Kier alpha value is -1.23. The van der Waals surface area contributed by atoms with Crippen LogP contribution in [-0.4, -0.2) is 22.7 Å². The molecule has 0 aliphatic heterocycles. The van der Waals surface area contributed by atoms with Gasteiger partial charge in [-0.2, -0.15) is 0 Å². The molecule has 2 rings (SSSR count). The van der Waals surface area contributed by atoms with E-state index in [0.717, 1.165) is 17.7 Å². The maximum Gasteiger partial charge on any atom is 0.230 e. The molecule has 0 saturated heterocycles. The van der Waals surface area contributed by atoms with Crippen LogP contribution in [0.25, 0.3) is 0 Å². The smallest absolute Gasteiger partial charge is 0.230 e. The molecule has 1 aromatic rings. The molecule has 0 bridgehead atoms. The van der Waals surface area contributed by atoms with Crippen molar-refractivity contribution < 1.29 is 4.79 Å². The number of carbonyl (C=O) groups is 1. The second-order valence-corrected chi connectivity index (χ2v) is 5.62. The van der Waals surface area contributed by atoms with Crippen molar-refractivity contribution in [1.29, 1.82) is 0 Å². The molecule has 98 valence electrons. The van der Waals surface area contributed by atoms with Crippen molar-refractivity contribution in [3.8, 4) is 0 Å². The Kier molecular flexibility index (Phi) is 4.87. The first-order valence-electron chi connectivity index (χ1n) is 6.37. The zero-order valence-corrected chi connectivity index (χ0v) is 11.2. The SMILES string of the molecule is Nc1cnccc1SCC(=O)NC1CCCCC1. The fraction of sp³-hybridized carbons (Fsp3) is 0.538. The molecule has 18 heavy (non-hydrogen) atoms. The second kappa shape index (κ2) is 6.64. The van der Waals surface area contributed by atoms with Crippen LogP contribution in [0, 0.1) is 0 Å². The number of rotatable bonds is 4. The lowest BCUT2D eigenvalue weighted by Gasteiger charge is -2.22. The molecule has 0 spiro atoms. The first-order chi connectivity index (χ1) is 8.75. The number of aromatic nitrogens is 1. The molecule has 3 N–H and O–H groups in total. The van der Waals surface area contributed by atoms with Crippen LogP contribution >= 0.6 is 11.8 Å². The molecule has 1 aliphatic rings. The summed E-state index contributed by atoms with van der Waals surface area (Å²) in [4.78, 5) is 16.7. The summed E-state index contributed by atoms with van der Waals surface area (Å²) in [5.74, 6) is 0.521. The minimum absolute atomic E-state index is 0.100. The van der Waals surface area contributed by atoms with Crippen LogP contribution in [0.1, 0.15) is 32.1 Å². The van der Waals surface area contributed by atoms with E-state index >= 15 is 0 Å². The van der Waals surface area contributed by atoms with Crippen LogP contribution in [0.5, 0.6) is 0 Å². The van der Waals surface area contributed by atoms with E-state index in [4.69, 9.17) is 5.73 Å². The summed E-state index contributed by atoms with van der Waals surface area (Å²) in [6.45, 7) is 0. The molecule has 1 aliphatic carbocycles. The molecule has 1 heterocycles. The zero-order valence-electron chi connectivity index (χ0n) is 10.4. The van der Waals surface area contributed by atoms with E-state index in [1.54, 1.807) is 12.4 Å². The third kappa shape index (κ3) is 3.91. The van der Waals surface area contributed by atoms with Crippen LogP contribution in [-0.2, 0) is 4.79 Å². The molecule has 5 heteroatoms. The number of pyridine rings is 1. The van der Waals surface area contributed by atoms with Crippen molar-refractivity contribution in [2.75, 3.05) is 11.5 Å². The Labute approximate surface area is 112 Å². The standard InChI is InChI=1S/C13H19N3OS/c14-11-8-15-7-6-12(11)18-9-13(17)16-10-4-2-1-3-5-10/h6-8,10H,1-5,9,14H2,(H,16,17). The average Bonchev–Trinajstić information content (AvgIpc) is 2.39. The Morgan fingerprint density at radius 2 is 2.22 bits per heavy atom. The van der Waals surface area contributed by atoms with Gasteiger partial charge in [-0.1, -0.05) is 19.3 Å². The Morgan fingerprint density at radius 3 is 2.94 bits per heavy atom. The minimum Gasteiger partial charge on any atom is -0.397 e. The van der Waals surface area contributed by atoms with Gasteiger partial charge in [0.1, 0.15) is 0 Å². The van der Waals surface area contributed by atoms with Gasteiger partial charge in [-0.05, 0) is 18.9 Å². The quantitative estimate of drug-likeness (QED) is 0.819. The maximum absolute atomic E-state index is 11.8. The van der Waals surface area contributed by atoms with Gasteiger partial charge in [-0.15, -0.1) is 11.8 Å². The maximum atomic E-state index is 11.8. The van der Waals surface area contributed by atoms with Crippen LogP contribution < -0.4 is 11.1 Å². The fourth-order valence-corrected chi connectivity index (χ4v) is 2.93. The number of carbonyl (C=O) groups excluding carboxylic acids is 1. The van der Waals surface area contributed by atoms with E-state index in [-0.39, 0.29) is 5.91 Å². The number of anilines is 1. The Morgan fingerprint density at radius 1 is 1.44 bits per heavy atom. The van der Waals surface area contributed by atoms with Gasteiger partial charge in [0.15, 0.2) is 0 Å². The van der Waals surface area contributed by atoms with Gasteiger partial charge in [-0.25, -0.2) is 0 Å². The number of nitrogen functional groups attached to an aromatic ring is 1. The topological polar surface area (TPSA) is 68.0 Å². The van der Waals surface area contributed by atoms with Crippen molar-refractivity contribution >= 4 is 23.4 Å². The summed E-state index contributed by atoms with van der Waals surface area (Å²) in [5, 5.41) is 3.09. The lowest BCUT2D eigenvalue weighted by Crippen LogP contribution is -2.37. The first-order valence-corrected chi connectivity index (χ1v) is 7.36. The Bertz CT molecular complexity index is 405. The predicted octanol–water partition coefficient (Wildman–Crippen LogP) is 2.20. The number of nitrogens with two attached hydrogens (primary N) is 1. The van der Waals surface area contributed by atoms with E-state index in [0.29, 0.717) is 17.5 Å².